The highest BCUT2D eigenvalue weighted by Gasteiger charge is 2.32. The van der Waals surface area contributed by atoms with Crippen LogP contribution >= 0.6 is 23.4 Å². The van der Waals surface area contributed by atoms with E-state index in [-0.39, 0.29) is 0 Å². The zero-order valence-electron chi connectivity index (χ0n) is 12.7. The van der Waals surface area contributed by atoms with Crippen LogP contribution in [0.3, 0.4) is 0 Å². The van der Waals surface area contributed by atoms with Crippen molar-refractivity contribution in [2.45, 2.75) is 36.3 Å². The lowest BCUT2D eigenvalue weighted by Gasteiger charge is -2.22. The van der Waals surface area contributed by atoms with Crippen LogP contribution in [0.1, 0.15) is 31.4 Å². The highest BCUT2D eigenvalue weighted by molar-refractivity contribution is 8.01. The van der Waals surface area contributed by atoms with Crippen molar-refractivity contribution in [3.05, 3.63) is 64.7 Å². The lowest BCUT2D eigenvalue weighted by molar-refractivity contribution is -0.139. The van der Waals surface area contributed by atoms with Gasteiger partial charge in [-0.3, -0.25) is 4.79 Å². The Morgan fingerprint density at radius 2 is 1.59 bits per heavy atom. The molecule has 116 valence electrons. The summed E-state index contributed by atoms with van der Waals surface area (Å²) < 4.78 is -0.780. The van der Waals surface area contributed by atoms with E-state index in [1.807, 2.05) is 43.3 Å². The SMILES string of the molecule is CCC(C)(Sc1ccc(Cc2ccc(Cl)cc2)cc1)C(=O)O. The summed E-state index contributed by atoms with van der Waals surface area (Å²) in [6.07, 6.45) is 1.42. The molecule has 1 atom stereocenters. The van der Waals surface area contributed by atoms with E-state index >= 15 is 0 Å². The number of benzene rings is 2. The van der Waals surface area contributed by atoms with Gasteiger partial charge in [0.25, 0.3) is 0 Å². The second-order valence-electron chi connectivity index (χ2n) is 5.44. The Balaban J connectivity index is 2.07. The molecule has 0 aromatic heterocycles. The van der Waals surface area contributed by atoms with Gasteiger partial charge < -0.3 is 5.11 Å². The zero-order chi connectivity index (χ0) is 16.2. The molecule has 2 nitrogen and oxygen atoms in total. The highest BCUT2D eigenvalue weighted by atomic mass is 35.5. The Labute approximate surface area is 140 Å². The number of rotatable bonds is 6. The average molecular weight is 335 g/mol. The molecule has 0 heterocycles. The van der Waals surface area contributed by atoms with Crippen LogP contribution in [0.25, 0.3) is 0 Å². The quantitative estimate of drug-likeness (QED) is 0.730. The maximum absolute atomic E-state index is 11.4. The van der Waals surface area contributed by atoms with Crippen molar-refractivity contribution in [2.24, 2.45) is 0 Å². The number of aliphatic carboxylic acids is 1. The number of hydrogen-bond acceptors (Lipinski definition) is 2. The maximum atomic E-state index is 11.4. The van der Waals surface area contributed by atoms with Crippen LogP contribution in [0.5, 0.6) is 0 Å². The number of carbonyl (C=O) groups is 1. The molecule has 0 spiro atoms. The molecule has 0 aliphatic heterocycles. The van der Waals surface area contributed by atoms with Gasteiger partial charge in [0.15, 0.2) is 0 Å². The van der Waals surface area contributed by atoms with Crippen LogP contribution < -0.4 is 0 Å². The summed E-state index contributed by atoms with van der Waals surface area (Å²) in [7, 11) is 0. The fourth-order valence-electron chi connectivity index (χ4n) is 2.04. The summed E-state index contributed by atoms with van der Waals surface area (Å²) >= 11 is 7.28. The second kappa shape index (κ2) is 7.21. The number of halogens is 1. The van der Waals surface area contributed by atoms with Gasteiger partial charge in [0.05, 0.1) is 0 Å². The van der Waals surface area contributed by atoms with Crippen molar-refractivity contribution in [1.29, 1.82) is 0 Å². The van der Waals surface area contributed by atoms with Crippen LogP contribution in [-0.4, -0.2) is 15.8 Å². The summed E-state index contributed by atoms with van der Waals surface area (Å²) in [6, 6.07) is 15.9. The van der Waals surface area contributed by atoms with Crippen LogP contribution in [0.4, 0.5) is 0 Å². The molecular weight excluding hydrogens is 316 g/mol. The Morgan fingerprint density at radius 1 is 1.09 bits per heavy atom. The van der Waals surface area contributed by atoms with Gasteiger partial charge in [-0.25, -0.2) is 0 Å². The first-order valence-corrected chi connectivity index (χ1v) is 8.38. The highest BCUT2D eigenvalue weighted by Crippen LogP contribution is 2.35. The minimum atomic E-state index is -0.780. The van der Waals surface area contributed by atoms with Crippen LogP contribution in [0.15, 0.2) is 53.4 Å². The molecule has 0 bridgehead atoms. The number of thioether (sulfide) groups is 1. The summed E-state index contributed by atoms with van der Waals surface area (Å²) in [5.41, 5.74) is 2.40. The van der Waals surface area contributed by atoms with Gasteiger partial charge in [0, 0.05) is 9.92 Å². The van der Waals surface area contributed by atoms with E-state index < -0.39 is 10.7 Å². The first-order chi connectivity index (χ1) is 10.4. The lowest BCUT2D eigenvalue weighted by Crippen LogP contribution is -2.30. The van der Waals surface area contributed by atoms with Crippen molar-refractivity contribution in [1.82, 2.24) is 0 Å². The third-order valence-corrected chi connectivity index (χ3v) is 5.39. The zero-order valence-corrected chi connectivity index (χ0v) is 14.2. The summed E-state index contributed by atoms with van der Waals surface area (Å²) in [5.74, 6) is -0.773. The molecular formula is C18H19ClO2S. The molecule has 2 aromatic rings. The second-order valence-corrected chi connectivity index (χ2v) is 7.45. The van der Waals surface area contributed by atoms with E-state index in [0.29, 0.717) is 6.42 Å². The number of carboxylic acids is 1. The lowest BCUT2D eigenvalue weighted by atomic mass is 10.1. The average Bonchev–Trinajstić information content (AvgIpc) is 2.51. The molecule has 0 saturated carbocycles. The van der Waals surface area contributed by atoms with Crippen molar-refractivity contribution in [2.75, 3.05) is 0 Å². The van der Waals surface area contributed by atoms with Gasteiger partial charge in [-0.1, -0.05) is 42.8 Å². The molecule has 4 heteroatoms. The monoisotopic (exact) mass is 334 g/mol. The van der Waals surface area contributed by atoms with E-state index in [9.17, 15) is 9.90 Å². The molecule has 0 amide bonds. The first-order valence-electron chi connectivity index (χ1n) is 7.19. The van der Waals surface area contributed by atoms with E-state index in [1.54, 1.807) is 6.92 Å². The predicted octanol–water partition coefficient (Wildman–Crippen LogP) is 5.28. The molecule has 2 rings (SSSR count). The molecule has 22 heavy (non-hydrogen) atoms. The molecule has 1 N–H and O–H groups in total. The van der Waals surface area contributed by atoms with Gasteiger partial charge in [-0.05, 0) is 55.2 Å². The normalized spacial score (nSPS) is 13.6. The van der Waals surface area contributed by atoms with Gasteiger partial charge in [0.1, 0.15) is 4.75 Å². The van der Waals surface area contributed by atoms with E-state index in [0.717, 1.165) is 16.3 Å². The topological polar surface area (TPSA) is 37.3 Å². The largest absolute Gasteiger partial charge is 0.480 e. The van der Waals surface area contributed by atoms with Crippen molar-refractivity contribution < 1.29 is 9.90 Å². The summed E-state index contributed by atoms with van der Waals surface area (Å²) in [5, 5.41) is 10.1. The minimum absolute atomic E-state index is 0.583. The summed E-state index contributed by atoms with van der Waals surface area (Å²) in [6.45, 7) is 3.66. The van der Waals surface area contributed by atoms with Crippen LogP contribution in [0, 0.1) is 0 Å². The molecule has 1 unspecified atom stereocenters. The van der Waals surface area contributed by atoms with Crippen molar-refractivity contribution in [3.8, 4) is 0 Å². The van der Waals surface area contributed by atoms with Crippen molar-refractivity contribution in [3.63, 3.8) is 0 Å². The fourth-order valence-corrected chi connectivity index (χ4v) is 3.19. The van der Waals surface area contributed by atoms with Crippen LogP contribution in [-0.2, 0) is 11.2 Å². The standard InChI is InChI=1S/C18H19ClO2S/c1-3-18(2,17(20)21)22-16-10-6-14(7-11-16)12-13-4-8-15(19)9-5-13/h4-11H,3,12H2,1-2H3,(H,20,21). The van der Waals surface area contributed by atoms with Gasteiger partial charge >= 0.3 is 5.97 Å². The number of hydrogen-bond donors (Lipinski definition) is 1. The fraction of sp³-hybridized carbons (Fsp3) is 0.278. The van der Waals surface area contributed by atoms with E-state index in [1.165, 1.54) is 22.9 Å². The Hall–Kier alpha value is -1.45. The van der Waals surface area contributed by atoms with E-state index in [2.05, 4.69) is 12.1 Å². The smallest absolute Gasteiger partial charge is 0.319 e. The van der Waals surface area contributed by atoms with Gasteiger partial charge in [0.2, 0.25) is 0 Å². The third kappa shape index (κ3) is 4.28. The Morgan fingerprint density at radius 3 is 2.05 bits per heavy atom. The molecule has 0 aliphatic rings. The maximum Gasteiger partial charge on any atom is 0.319 e. The minimum Gasteiger partial charge on any atom is -0.480 e. The molecule has 0 aliphatic carbocycles. The third-order valence-electron chi connectivity index (χ3n) is 3.72. The van der Waals surface area contributed by atoms with Gasteiger partial charge in [-0.2, -0.15) is 0 Å². The van der Waals surface area contributed by atoms with E-state index in [4.69, 9.17) is 11.6 Å². The predicted molar refractivity (Wildman–Crippen MR) is 92.9 cm³/mol. The van der Waals surface area contributed by atoms with Crippen LogP contribution in [0.2, 0.25) is 5.02 Å². The molecule has 0 fully saturated rings. The Kier molecular flexibility index (Phi) is 5.54. The molecule has 0 saturated heterocycles. The number of carboxylic acid groups (broad SMARTS) is 1. The molecule has 2 aromatic carbocycles. The first kappa shape index (κ1) is 16.9. The van der Waals surface area contributed by atoms with Gasteiger partial charge in [-0.15, -0.1) is 11.8 Å². The molecule has 0 radical (unpaired) electrons. The Bertz CT molecular complexity index is 637. The van der Waals surface area contributed by atoms with Crippen molar-refractivity contribution >= 4 is 29.3 Å². The summed E-state index contributed by atoms with van der Waals surface area (Å²) in [4.78, 5) is 12.3.